The Balaban J connectivity index is 1.87. The number of hydrogen-bond acceptors (Lipinski definition) is 4. The third-order valence-corrected chi connectivity index (χ3v) is 4.41. The van der Waals surface area contributed by atoms with Crippen LogP contribution in [0.2, 0.25) is 0 Å². The molecular formula is C15H27N3O3. The van der Waals surface area contributed by atoms with Gasteiger partial charge in [0.05, 0.1) is 6.61 Å². The second-order valence-corrected chi connectivity index (χ2v) is 6.51. The van der Waals surface area contributed by atoms with Crippen LogP contribution < -0.4 is 0 Å². The number of piperidine rings is 1. The summed E-state index contributed by atoms with van der Waals surface area (Å²) in [6.07, 6.45) is 1.12. The lowest BCUT2D eigenvalue weighted by atomic mass is 9.92. The van der Waals surface area contributed by atoms with E-state index in [4.69, 9.17) is 5.11 Å². The van der Waals surface area contributed by atoms with Gasteiger partial charge < -0.3 is 14.9 Å². The molecule has 1 N–H and O–H groups in total. The highest BCUT2D eigenvalue weighted by Crippen LogP contribution is 2.21. The Hall–Kier alpha value is -1.14. The molecule has 0 saturated carbocycles. The van der Waals surface area contributed by atoms with E-state index in [-0.39, 0.29) is 18.4 Å². The largest absolute Gasteiger partial charge is 0.395 e. The van der Waals surface area contributed by atoms with Crippen LogP contribution in [0.4, 0.5) is 0 Å². The number of aliphatic hydroxyl groups is 1. The Morgan fingerprint density at radius 1 is 0.952 bits per heavy atom. The van der Waals surface area contributed by atoms with E-state index in [9.17, 15) is 9.59 Å². The number of rotatable bonds is 2. The van der Waals surface area contributed by atoms with Crippen LogP contribution in [-0.2, 0) is 9.59 Å². The van der Waals surface area contributed by atoms with Crippen molar-refractivity contribution in [3.8, 4) is 0 Å². The summed E-state index contributed by atoms with van der Waals surface area (Å²) in [5, 5.41) is 8.92. The van der Waals surface area contributed by atoms with Crippen molar-refractivity contribution in [1.29, 1.82) is 0 Å². The van der Waals surface area contributed by atoms with Crippen LogP contribution in [0, 0.1) is 11.8 Å². The number of likely N-dealkylation sites (tertiary alicyclic amines) is 1. The van der Waals surface area contributed by atoms with Gasteiger partial charge in [0, 0.05) is 45.8 Å². The van der Waals surface area contributed by atoms with Gasteiger partial charge in [0.2, 0.25) is 0 Å². The number of hydrogen-bond donors (Lipinski definition) is 1. The van der Waals surface area contributed by atoms with Crippen LogP contribution in [0.25, 0.3) is 0 Å². The van der Waals surface area contributed by atoms with E-state index in [0.717, 1.165) is 19.5 Å². The molecule has 0 radical (unpaired) electrons. The molecule has 21 heavy (non-hydrogen) atoms. The Bertz CT molecular complexity index is 370. The van der Waals surface area contributed by atoms with E-state index in [1.165, 1.54) is 0 Å². The second kappa shape index (κ2) is 7.22. The highest BCUT2D eigenvalue weighted by molar-refractivity contribution is 6.34. The van der Waals surface area contributed by atoms with Crippen LogP contribution in [0.15, 0.2) is 0 Å². The van der Waals surface area contributed by atoms with Gasteiger partial charge in [-0.25, -0.2) is 0 Å². The van der Waals surface area contributed by atoms with Crippen molar-refractivity contribution < 1.29 is 14.7 Å². The van der Waals surface area contributed by atoms with Gasteiger partial charge in [0.1, 0.15) is 0 Å². The topological polar surface area (TPSA) is 64.1 Å². The monoisotopic (exact) mass is 297 g/mol. The zero-order valence-electron chi connectivity index (χ0n) is 13.1. The molecular weight excluding hydrogens is 270 g/mol. The van der Waals surface area contributed by atoms with Gasteiger partial charge >= 0.3 is 11.8 Å². The summed E-state index contributed by atoms with van der Waals surface area (Å²) in [6, 6.07) is 0. The molecule has 2 saturated heterocycles. The van der Waals surface area contributed by atoms with Gasteiger partial charge in [-0.2, -0.15) is 0 Å². The normalized spacial score (nSPS) is 27.8. The van der Waals surface area contributed by atoms with Gasteiger partial charge in [0.25, 0.3) is 0 Å². The molecule has 2 rings (SSSR count). The van der Waals surface area contributed by atoms with Crippen molar-refractivity contribution in [3.05, 3.63) is 0 Å². The lowest BCUT2D eigenvalue weighted by molar-refractivity contribution is -0.154. The van der Waals surface area contributed by atoms with Gasteiger partial charge in [-0.3, -0.25) is 14.5 Å². The molecule has 2 aliphatic rings. The average Bonchev–Trinajstić information content (AvgIpc) is 2.46. The Morgan fingerprint density at radius 3 is 2.00 bits per heavy atom. The lowest BCUT2D eigenvalue weighted by Gasteiger charge is -2.37. The summed E-state index contributed by atoms with van der Waals surface area (Å²) in [4.78, 5) is 30.2. The standard InChI is InChI=1S/C15H27N3O3/c1-12-9-13(2)11-18(10-12)15(21)14(20)17-5-3-16(4-6-17)7-8-19/h12-13,19H,3-11H2,1-2H3. The SMILES string of the molecule is CC1CC(C)CN(C(=O)C(=O)N2CCN(CCO)CC2)C1. The molecule has 6 nitrogen and oxygen atoms in total. The first kappa shape index (κ1) is 16.2. The number of amides is 2. The third kappa shape index (κ3) is 4.17. The van der Waals surface area contributed by atoms with Gasteiger partial charge in [0.15, 0.2) is 0 Å². The van der Waals surface area contributed by atoms with E-state index >= 15 is 0 Å². The van der Waals surface area contributed by atoms with E-state index < -0.39 is 0 Å². The molecule has 0 aromatic carbocycles. The molecule has 0 aliphatic carbocycles. The maximum Gasteiger partial charge on any atom is 0.312 e. The molecule has 2 unspecified atom stereocenters. The fourth-order valence-corrected chi connectivity index (χ4v) is 3.42. The predicted octanol–water partition coefficient (Wildman–Crippen LogP) is -0.373. The molecule has 0 bridgehead atoms. The highest BCUT2D eigenvalue weighted by Gasteiger charge is 2.33. The zero-order chi connectivity index (χ0) is 15.4. The van der Waals surface area contributed by atoms with Gasteiger partial charge in [-0.15, -0.1) is 0 Å². The van der Waals surface area contributed by atoms with Crippen molar-refractivity contribution in [3.63, 3.8) is 0 Å². The molecule has 0 aromatic heterocycles. The first-order valence-corrected chi connectivity index (χ1v) is 7.92. The fourth-order valence-electron chi connectivity index (χ4n) is 3.42. The smallest absolute Gasteiger partial charge is 0.312 e. The molecule has 6 heteroatoms. The quantitative estimate of drug-likeness (QED) is 0.706. The minimum absolute atomic E-state index is 0.135. The molecule has 0 aromatic rings. The van der Waals surface area contributed by atoms with E-state index in [1.54, 1.807) is 9.80 Å². The van der Waals surface area contributed by atoms with Crippen molar-refractivity contribution in [1.82, 2.24) is 14.7 Å². The fraction of sp³-hybridized carbons (Fsp3) is 0.867. The number of β-amino-alcohol motifs (C(OH)–C–C–N with tert-alkyl or cyclic N) is 1. The number of aliphatic hydroxyl groups excluding tert-OH is 1. The number of carbonyl (C=O) groups is 2. The van der Waals surface area contributed by atoms with Crippen LogP contribution in [0.3, 0.4) is 0 Å². The van der Waals surface area contributed by atoms with Crippen LogP contribution >= 0.6 is 0 Å². The Morgan fingerprint density at radius 2 is 1.48 bits per heavy atom. The molecule has 0 spiro atoms. The second-order valence-electron chi connectivity index (χ2n) is 6.51. The summed E-state index contributed by atoms with van der Waals surface area (Å²) in [6.45, 7) is 9.03. The third-order valence-electron chi connectivity index (χ3n) is 4.41. The average molecular weight is 297 g/mol. The van der Waals surface area contributed by atoms with Crippen molar-refractivity contribution in [2.45, 2.75) is 20.3 Å². The first-order chi connectivity index (χ1) is 10.0. The minimum Gasteiger partial charge on any atom is -0.395 e. The van der Waals surface area contributed by atoms with Crippen molar-refractivity contribution in [2.75, 3.05) is 52.4 Å². The Kier molecular flexibility index (Phi) is 5.58. The van der Waals surface area contributed by atoms with Gasteiger partial charge in [-0.05, 0) is 18.3 Å². The summed E-state index contributed by atoms with van der Waals surface area (Å²) in [5.41, 5.74) is 0. The number of carbonyl (C=O) groups excluding carboxylic acids is 2. The summed E-state index contributed by atoms with van der Waals surface area (Å²) in [7, 11) is 0. The van der Waals surface area contributed by atoms with Crippen molar-refractivity contribution in [2.24, 2.45) is 11.8 Å². The number of piperazine rings is 1. The molecule has 2 fully saturated rings. The number of nitrogens with zero attached hydrogens (tertiary/aromatic N) is 3. The minimum atomic E-state index is -0.361. The van der Waals surface area contributed by atoms with Crippen molar-refractivity contribution >= 4 is 11.8 Å². The summed E-state index contributed by atoms with van der Waals surface area (Å²) < 4.78 is 0. The predicted molar refractivity (Wildman–Crippen MR) is 79.6 cm³/mol. The zero-order valence-corrected chi connectivity index (χ0v) is 13.1. The molecule has 2 heterocycles. The van der Waals surface area contributed by atoms with E-state index in [0.29, 0.717) is 44.6 Å². The first-order valence-electron chi connectivity index (χ1n) is 7.92. The molecule has 2 aliphatic heterocycles. The maximum absolute atomic E-state index is 12.4. The summed E-state index contributed by atoms with van der Waals surface area (Å²) in [5.74, 6) is 0.225. The van der Waals surface area contributed by atoms with Crippen LogP contribution in [0.1, 0.15) is 20.3 Å². The molecule has 2 amide bonds. The highest BCUT2D eigenvalue weighted by atomic mass is 16.3. The summed E-state index contributed by atoms with van der Waals surface area (Å²) >= 11 is 0. The van der Waals surface area contributed by atoms with Crippen LogP contribution in [0.5, 0.6) is 0 Å². The molecule has 120 valence electrons. The van der Waals surface area contributed by atoms with Gasteiger partial charge in [-0.1, -0.05) is 13.8 Å². The van der Waals surface area contributed by atoms with E-state index in [2.05, 4.69) is 18.7 Å². The Labute approximate surface area is 126 Å². The molecule has 2 atom stereocenters. The van der Waals surface area contributed by atoms with Crippen LogP contribution in [-0.4, -0.2) is 84.0 Å². The van der Waals surface area contributed by atoms with E-state index in [1.807, 2.05) is 0 Å². The lowest BCUT2D eigenvalue weighted by Crippen LogP contribution is -2.55. The maximum atomic E-state index is 12.4.